The van der Waals surface area contributed by atoms with Crippen LogP contribution in [0.25, 0.3) is 0 Å². The standard InChI is InChI=1S/C17H23ClN2O2/c1-12(10-13-4-2-5-15(18)11-13)20-16(21)6-3-9-19-17(22)14-7-8-14/h2,4-5,11-12,14H,3,6-10H2,1H3,(H,19,22)(H,20,21)/t12-/m1/s1. The third-order valence-corrected chi connectivity index (χ3v) is 3.90. The molecule has 1 aromatic rings. The Kier molecular flexibility index (Phi) is 6.25. The van der Waals surface area contributed by atoms with Gasteiger partial charge in [0.2, 0.25) is 11.8 Å². The summed E-state index contributed by atoms with van der Waals surface area (Å²) in [4.78, 5) is 23.3. The number of carbonyl (C=O) groups excluding carboxylic acids is 2. The van der Waals surface area contributed by atoms with Crippen molar-refractivity contribution in [3.8, 4) is 0 Å². The highest BCUT2D eigenvalue weighted by molar-refractivity contribution is 6.30. The molecule has 22 heavy (non-hydrogen) atoms. The van der Waals surface area contributed by atoms with Crippen molar-refractivity contribution in [1.29, 1.82) is 0 Å². The molecule has 2 rings (SSSR count). The maximum absolute atomic E-state index is 11.9. The number of hydrogen-bond donors (Lipinski definition) is 2. The summed E-state index contributed by atoms with van der Waals surface area (Å²) in [6.45, 7) is 2.55. The Bertz CT molecular complexity index is 529. The Morgan fingerprint density at radius 1 is 1.36 bits per heavy atom. The number of halogens is 1. The molecule has 0 radical (unpaired) electrons. The zero-order valence-corrected chi connectivity index (χ0v) is 13.7. The highest BCUT2D eigenvalue weighted by atomic mass is 35.5. The first kappa shape index (κ1) is 16.8. The van der Waals surface area contributed by atoms with E-state index in [2.05, 4.69) is 10.6 Å². The van der Waals surface area contributed by atoms with E-state index in [-0.39, 0.29) is 23.8 Å². The van der Waals surface area contributed by atoms with Gasteiger partial charge in [-0.1, -0.05) is 23.7 Å². The van der Waals surface area contributed by atoms with Crippen molar-refractivity contribution in [2.45, 2.75) is 45.1 Å². The number of hydrogen-bond acceptors (Lipinski definition) is 2. The fraction of sp³-hybridized carbons (Fsp3) is 0.529. The number of amides is 2. The van der Waals surface area contributed by atoms with Crippen LogP contribution in [0.1, 0.15) is 38.2 Å². The van der Waals surface area contributed by atoms with E-state index in [1.54, 1.807) is 0 Å². The first-order chi connectivity index (χ1) is 10.5. The molecular weight excluding hydrogens is 300 g/mol. The normalized spacial score (nSPS) is 15.2. The molecule has 0 heterocycles. The summed E-state index contributed by atoms with van der Waals surface area (Å²) in [6.07, 6.45) is 3.88. The lowest BCUT2D eigenvalue weighted by Crippen LogP contribution is -2.34. The molecule has 0 unspecified atom stereocenters. The summed E-state index contributed by atoms with van der Waals surface area (Å²) < 4.78 is 0. The molecule has 0 bridgehead atoms. The van der Waals surface area contributed by atoms with Crippen LogP contribution in [0.15, 0.2) is 24.3 Å². The van der Waals surface area contributed by atoms with Crippen LogP contribution in [0, 0.1) is 5.92 Å². The van der Waals surface area contributed by atoms with E-state index in [0.29, 0.717) is 24.4 Å². The van der Waals surface area contributed by atoms with Gasteiger partial charge in [-0.3, -0.25) is 9.59 Å². The second-order valence-corrected chi connectivity index (χ2v) is 6.41. The minimum Gasteiger partial charge on any atom is -0.356 e. The molecule has 1 saturated carbocycles. The molecule has 120 valence electrons. The van der Waals surface area contributed by atoms with E-state index in [0.717, 1.165) is 24.8 Å². The number of carbonyl (C=O) groups is 2. The Morgan fingerprint density at radius 2 is 2.14 bits per heavy atom. The van der Waals surface area contributed by atoms with E-state index >= 15 is 0 Å². The monoisotopic (exact) mass is 322 g/mol. The minimum atomic E-state index is 0.0233. The van der Waals surface area contributed by atoms with Gasteiger partial charge in [0.1, 0.15) is 0 Å². The van der Waals surface area contributed by atoms with Gasteiger partial charge in [0.05, 0.1) is 0 Å². The van der Waals surface area contributed by atoms with E-state index in [9.17, 15) is 9.59 Å². The predicted molar refractivity (Wildman–Crippen MR) is 87.7 cm³/mol. The van der Waals surface area contributed by atoms with Gasteiger partial charge in [-0.25, -0.2) is 0 Å². The zero-order valence-electron chi connectivity index (χ0n) is 12.9. The highest BCUT2D eigenvalue weighted by Crippen LogP contribution is 2.28. The summed E-state index contributed by atoms with van der Waals surface area (Å²) >= 11 is 5.95. The molecule has 1 atom stereocenters. The summed E-state index contributed by atoms with van der Waals surface area (Å²) in [6, 6.07) is 7.73. The van der Waals surface area contributed by atoms with Crippen molar-refractivity contribution in [2.75, 3.05) is 6.54 Å². The molecule has 0 spiro atoms. The SMILES string of the molecule is C[C@H](Cc1cccc(Cl)c1)NC(=O)CCCNC(=O)C1CC1. The Labute approximate surface area is 136 Å². The van der Waals surface area contributed by atoms with E-state index in [1.807, 2.05) is 31.2 Å². The van der Waals surface area contributed by atoms with Crippen molar-refractivity contribution < 1.29 is 9.59 Å². The molecule has 0 aliphatic heterocycles. The second-order valence-electron chi connectivity index (χ2n) is 5.97. The van der Waals surface area contributed by atoms with Crippen molar-refractivity contribution in [3.63, 3.8) is 0 Å². The van der Waals surface area contributed by atoms with Crippen LogP contribution in [0.3, 0.4) is 0 Å². The van der Waals surface area contributed by atoms with Crippen LogP contribution in [-0.4, -0.2) is 24.4 Å². The van der Waals surface area contributed by atoms with E-state index in [1.165, 1.54) is 0 Å². The lowest BCUT2D eigenvalue weighted by Gasteiger charge is -2.14. The number of nitrogens with one attached hydrogen (secondary N) is 2. The molecule has 1 aliphatic rings. The fourth-order valence-electron chi connectivity index (χ4n) is 2.37. The van der Waals surface area contributed by atoms with Crippen LogP contribution in [0.2, 0.25) is 5.02 Å². The maximum Gasteiger partial charge on any atom is 0.223 e. The van der Waals surface area contributed by atoms with Gasteiger partial charge in [0.25, 0.3) is 0 Å². The van der Waals surface area contributed by atoms with E-state index < -0.39 is 0 Å². The summed E-state index contributed by atoms with van der Waals surface area (Å²) in [5.41, 5.74) is 1.11. The van der Waals surface area contributed by atoms with Crippen LogP contribution in [0.5, 0.6) is 0 Å². The van der Waals surface area contributed by atoms with Gasteiger partial charge >= 0.3 is 0 Å². The molecule has 4 nitrogen and oxygen atoms in total. The van der Waals surface area contributed by atoms with Crippen LogP contribution >= 0.6 is 11.6 Å². The average Bonchev–Trinajstić information content (AvgIpc) is 3.27. The largest absolute Gasteiger partial charge is 0.356 e. The third-order valence-electron chi connectivity index (χ3n) is 3.67. The molecule has 1 aliphatic carbocycles. The third kappa shape index (κ3) is 6.06. The molecule has 0 aromatic heterocycles. The van der Waals surface area contributed by atoms with Gasteiger partial charge in [-0.2, -0.15) is 0 Å². The predicted octanol–water partition coefficient (Wildman–Crippen LogP) is 2.69. The lowest BCUT2D eigenvalue weighted by atomic mass is 10.1. The number of benzene rings is 1. The van der Waals surface area contributed by atoms with Gasteiger partial charge in [-0.05, 0) is 50.3 Å². The fourth-order valence-corrected chi connectivity index (χ4v) is 2.58. The molecule has 0 saturated heterocycles. The summed E-state index contributed by atoms with van der Waals surface area (Å²) in [5, 5.41) is 6.55. The topological polar surface area (TPSA) is 58.2 Å². The molecular formula is C17H23ClN2O2. The van der Waals surface area contributed by atoms with Crippen molar-refractivity contribution in [3.05, 3.63) is 34.9 Å². The second kappa shape index (κ2) is 8.18. The first-order valence-corrected chi connectivity index (χ1v) is 8.24. The molecule has 2 N–H and O–H groups in total. The average molecular weight is 323 g/mol. The van der Waals surface area contributed by atoms with Gasteiger partial charge in [0.15, 0.2) is 0 Å². The molecule has 1 fully saturated rings. The Balaban J connectivity index is 1.60. The van der Waals surface area contributed by atoms with E-state index in [4.69, 9.17) is 11.6 Å². The smallest absolute Gasteiger partial charge is 0.223 e. The van der Waals surface area contributed by atoms with Gasteiger partial charge < -0.3 is 10.6 Å². The number of rotatable bonds is 8. The van der Waals surface area contributed by atoms with Gasteiger partial charge in [-0.15, -0.1) is 0 Å². The highest BCUT2D eigenvalue weighted by Gasteiger charge is 2.28. The van der Waals surface area contributed by atoms with Crippen LogP contribution < -0.4 is 10.6 Å². The quantitative estimate of drug-likeness (QED) is 0.723. The maximum atomic E-state index is 11.9. The molecule has 1 aromatic carbocycles. The van der Waals surface area contributed by atoms with Crippen LogP contribution in [0.4, 0.5) is 0 Å². The lowest BCUT2D eigenvalue weighted by molar-refractivity contribution is -0.123. The van der Waals surface area contributed by atoms with Crippen LogP contribution in [-0.2, 0) is 16.0 Å². The Morgan fingerprint density at radius 3 is 2.82 bits per heavy atom. The van der Waals surface area contributed by atoms with Crippen molar-refractivity contribution in [1.82, 2.24) is 10.6 Å². The van der Waals surface area contributed by atoms with Crippen molar-refractivity contribution in [2.24, 2.45) is 5.92 Å². The summed E-state index contributed by atoms with van der Waals surface area (Å²) in [5.74, 6) is 0.386. The van der Waals surface area contributed by atoms with Crippen molar-refractivity contribution >= 4 is 23.4 Å². The minimum absolute atomic E-state index is 0.0233. The first-order valence-electron chi connectivity index (χ1n) is 7.86. The molecule has 2 amide bonds. The van der Waals surface area contributed by atoms with Gasteiger partial charge in [0, 0.05) is 29.9 Å². The summed E-state index contributed by atoms with van der Waals surface area (Å²) in [7, 11) is 0. The Hall–Kier alpha value is -1.55. The molecule has 5 heteroatoms. The zero-order chi connectivity index (χ0) is 15.9.